The smallest absolute Gasteiger partial charge is 0.258 e. The van der Waals surface area contributed by atoms with E-state index in [0.29, 0.717) is 0 Å². The maximum Gasteiger partial charge on any atom is 0.258 e. The van der Waals surface area contributed by atoms with E-state index in [4.69, 9.17) is 5.73 Å². The minimum Gasteiger partial charge on any atom is -0.381 e. The molecule has 3 N–H and O–H groups in total. The number of nitrogens with one attached hydrogen (secondary N) is 1. The van der Waals surface area contributed by atoms with Gasteiger partial charge >= 0.3 is 0 Å². The number of aryl methyl sites for hydroxylation is 1. The van der Waals surface area contributed by atoms with Gasteiger partial charge in [0.2, 0.25) is 0 Å². The number of anilines is 1. The molecule has 1 saturated heterocycles. The van der Waals surface area contributed by atoms with Crippen molar-refractivity contribution in [1.82, 2.24) is 19.6 Å². The van der Waals surface area contributed by atoms with Crippen molar-refractivity contribution >= 4 is 15.8 Å². The highest BCUT2D eigenvalue weighted by atomic mass is 32.2. The van der Waals surface area contributed by atoms with Crippen LogP contribution in [0, 0.1) is 0 Å². The summed E-state index contributed by atoms with van der Waals surface area (Å²) in [5.74, 6) is 0.0207. The third kappa shape index (κ3) is 2.90. The van der Waals surface area contributed by atoms with Gasteiger partial charge in [0, 0.05) is 25.3 Å². The van der Waals surface area contributed by atoms with Crippen LogP contribution in [0.2, 0.25) is 0 Å². The van der Waals surface area contributed by atoms with Gasteiger partial charge in [0.15, 0.2) is 5.82 Å². The first-order valence-electron chi connectivity index (χ1n) is 6.41. The zero-order valence-corrected chi connectivity index (χ0v) is 12.3. The SMILES string of the molecule is CC1CCCC(C)N1NS(=O)(=O)c1cn(C)nc1N. The predicted molar refractivity (Wildman–Crippen MR) is 72.6 cm³/mol. The molecule has 0 bridgehead atoms. The monoisotopic (exact) mass is 287 g/mol. The Labute approximate surface area is 113 Å². The van der Waals surface area contributed by atoms with Gasteiger partial charge in [-0.25, -0.2) is 13.4 Å². The Morgan fingerprint density at radius 3 is 2.42 bits per heavy atom. The summed E-state index contributed by atoms with van der Waals surface area (Å²) in [5, 5.41) is 5.66. The number of nitrogen functional groups attached to an aromatic ring is 1. The first-order valence-corrected chi connectivity index (χ1v) is 7.89. The number of hydrogen-bond acceptors (Lipinski definition) is 5. The van der Waals surface area contributed by atoms with Crippen molar-refractivity contribution in [3.8, 4) is 0 Å². The molecule has 0 spiro atoms. The fourth-order valence-electron chi connectivity index (χ4n) is 2.48. The summed E-state index contributed by atoms with van der Waals surface area (Å²) in [6, 6.07) is 0.354. The molecule has 7 nitrogen and oxygen atoms in total. The molecule has 0 radical (unpaired) electrons. The molecule has 0 saturated carbocycles. The molecule has 2 heterocycles. The topological polar surface area (TPSA) is 93.2 Å². The lowest BCUT2D eigenvalue weighted by Gasteiger charge is -2.38. The van der Waals surface area contributed by atoms with E-state index in [0.717, 1.165) is 19.3 Å². The van der Waals surface area contributed by atoms with E-state index in [1.807, 2.05) is 13.8 Å². The normalized spacial score (nSPS) is 25.6. The third-order valence-corrected chi connectivity index (χ3v) is 4.88. The first kappa shape index (κ1) is 14.3. The second-order valence-corrected chi connectivity index (χ2v) is 6.81. The highest BCUT2D eigenvalue weighted by Gasteiger charge is 2.30. The standard InChI is InChI=1S/C11H21N5O2S/c1-8-5-4-6-9(2)16(8)14-19(17,18)10-7-15(3)13-11(10)12/h7-9,14H,4-6H2,1-3H3,(H2,12,13). The van der Waals surface area contributed by atoms with Crippen molar-refractivity contribution in [2.45, 2.75) is 50.1 Å². The lowest BCUT2D eigenvalue weighted by molar-refractivity contribution is 0.0790. The molecule has 2 rings (SSSR count). The fourth-order valence-corrected chi connectivity index (χ4v) is 3.82. The zero-order valence-electron chi connectivity index (χ0n) is 11.5. The molecule has 8 heteroatoms. The Bertz CT molecular complexity index is 543. The summed E-state index contributed by atoms with van der Waals surface area (Å²) in [6.07, 6.45) is 4.50. The Morgan fingerprint density at radius 1 is 1.37 bits per heavy atom. The van der Waals surface area contributed by atoms with Crippen LogP contribution in [-0.2, 0) is 17.1 Å². The molecule has 0 aromatic carbocycles. The maximum absolute atomic E-state index is 12.3. The predicted octanol–water partition coefficient (Wildman–Crippen LogP) is 0.459. The van der Waals surface area contributed by atoms with E-state index < -0.39 is 10.0 Å². The van der Waals surface area contributed by atoms with E-state index in [2.05, 4.69) is 9.93 Å². The fraction of sp³-hybridized carbons (Fsp3) is 0.727. The van der Waals surface area contributed by atoms with Crippen molar-refractivity contribution in [3.63, 3.8) is 0 Å². The van der Waals surface area contributed by atoms with E-state index >= 15 is 0 Å². The Balaban J connectivity index is 2.23. The van der Waals surface area contributed by atoms with Gasteiger partial charge in [0.1, 0.15) is 4.90 Å². The Hall–Kier alpha value is -1.12. The largest absolute Gasteiger partial charge is 0.381 e. The Kier molecular flexibility index (Phi) is 3.84. The molecule has 2 unspecified atom stereocenters. The van der Waals surface area contributed by atoms with Gasteiger partial charge in [0.25, 0.3) is 10.0 Å². The quantitative estimate of drug-likeness (QED) is 0.842. The van der Waals surface area contributed by atoms with E-state index in [-0.39, 0.29) is 22.8 Å². The Morgan fingerprint density at radius 2 is 1.95 bits per heavy atom. The molecule has 1 aromatic rings. The number of hydrogen-bond donors (Lipinski definition) is 2. The molecule has 2 atom stereocenters. The minimum absolute atomic E-state index is 0.0207. The average Bonchev–Trinajstić information content (AvgIpc) is 2.64. The van der Waals surface area contributed by atoms with Gasteiger partial charge in [-0.1, -0.05) is 6.42 Å². The third-order valence-electron chi connectivity index (χ3n) is 3.53. The average molecular weight is 287 g/mol. The molecule has 1 fully saturated rings. The number of aromatic nitrogens is 2. The molecule has 108 valence electrons. The summed E-state index contributed by atoms with van der Waals surface area (Å²) in [4.78, 5) is 2.67. The van der Waals surface area contributed by atoms with Crippen molar-refractivity contribution in [3.05, 3.63) is 6.20 Å². The van der Waals surface area contributed by atoms with Crippen molar-refractivity contribution in [2.24, 2.45) is 7.05 Å². The van der Waals surface area contributed by atoms with Crippen LogP contribution >= 0.6 is 0 Å². The van der Waals surface area contributed by atoms with Gasteiger partial charge in [-0.2, -0.15) is 5.10 Å². The molecule has 1 aliphatic rings. The molecular formula is C11H21N5O2S. The molecular weight excluding hydrogens is 266 g/mol. The van der Waals surface area contributed by atoms with Crippen molar-refractivity contribution < 1.29 is 8.42 Å². The van der Waals surface area contributed by atoms with Crippen LogP contribution in [0.4, 0.5) is 5.82 Å². The second-order valence-electron chi connectivity index (χ2n) is 5.18. The van der Waals surface area contributed by atoms with Crippen LogP contribution in [0.15, 0.2) is 11.1 Å². The van der Waals surface area contributed by atoms with Crippen molar-refractivity contribution in [2.75, 3.05) is 5.73 Å². The van der Waals surface area contributed by atoms with Crippen molar-refractivity contribution in [1.29, 1.82) is 0 Å². The number of nitrogens with zero attached hydrogens (tertiary/aromatic N) is 3. The molecule has 0 amide bonds. The zero-order chi connectivity index (χ0) is 14.2. The maximum atomic E-state index is 12.3. The highest BCUT2D eigenvalue weighted by molar-refractivity contribution is 7.89. The lowest BCUT2D eigenvalue weighted by atomic mass is 10.0. The van der Waals surface area contributed by atoms with Gasteiger partial charge in [-0.15, -0.1) is 4.83 Å². The van der Waals surface area contributed by atoms with Crippen LogP contribution in [0.25, 0.3) is 0 Å². The molecule has 1 aliphatic heterocycles. The van der Waals surface area contributed by atoms with E-state index in [1.54, 1.807) is 12.1 Å². The summed E-state index contributed by atoms with van der Waals surface area (Å²) in [7, 11) is -2.03. The number of hydrazine groups is 1. The molecule has 19 heavy (non-hydrogen) atoms. The number of rotatable bonds is 3. The van der Waals surface area contributed by atoms with E-state index in [1.165, 1.54) is 10.9 Å². The van der Waals surface area contributed by atoms with Crippen LogP contribution in [0.1, 0.15) is 33.1 Å². The second kappa shape index (κ2) is 5.10. The van der Waals surface area contributed by atoms with Crippen LogP contribution < -0.4 is 10.6 Å². The first-order chi connectivity index (χ1) is 8.81. The van der Waals surface area contributed by atoms with Gasteiger partial charge < -0.3 is 5.73 Å². The van der Waals surface area contributed by atoms with Crippen LogP contribution in [-0.4, -0.2) is 35.3 Å². The number of sulfonamides is 1. The molecule has 1 aromatic heterocycles. The van der Waals surface area contributed by atoms with Crippen LogP contribution in [0.3, 0.4) is 0 Å². The minimum atomic E-state index is -3.67. The molecule has 0 aliphatic carbocycles. The van der Waals surface area contributed by atoms with Gasteiger partial charge in [0.05, 0.1) is 0 Å². The van der Waals surface area contributed by atoms with Gasteiger partial charge in [-0.3, -0.25) is 4.68 Å². The van der Waals surface area contributed by atoms with Gasteiger partial charge in [-0.05, 0) is 26.7 Å². The summed E-state index contributed by atoms with van der Waals surface area (Å²) in [5.41, 5.74) is 5.63. The number of piperidine rings is 1. The lowest BCUT2D eigenvalue weighted by Crippen LogP contribution is -2.53. The summed E-state index contributed by atoms with van der Waals surface area (Å²) >= 11 is 0. The summed E-state index contributed by atoms with van der Waals surface area (Å²) in [6.45, 7) is 4.04. The van der Waals surface area contributed by atoms with E-state index in [9.17, 15) is 8.42 Å². The highest BCUT2D eigenvalue weighted by Crippen LogP contribution is 2.23. The number of nitrogens with two attached hydrogens (primary N) is 1. The van der Waals surface area contributed by atoms with Crippen LogP contribution in [0.5, 0.6) is 0 Å². The summed E-state index contributed by atoms with van der Waals surface area (Å²) < 4.78 is 26.1.